The fourth-order valence-electron chi connectivity index (χ4n) is 3.57. The molecule has 0 N–H and O–H groups in total. The van der Waals surface area contributed by atoms with Crippen LogP contribution < -0.4 is 0 Å². The summed E-state index contributed by atoms with van der Waals surface area (Å²) < 4.78 is 49.0. The number of ether oxygens (including phenoxy) is 1. The maximum Gasteiger partial charge on any atom is 0.410 e. The second-order valence-corrected chi connectivity index (χ2v) is 8.50. The van der Waals surface area contributed by atoms with Gasteiger partial charge in [0, 0.05) is 31.3 Å². The van der Waals surface area contributed by atoms with Crippen molar-refractivity contribution in [3.63, 3.8) is 0 Å². The second kappa shape index (κ2) is 8.24. The van der Waals surface area contributed by atoms with Crippen molar-refractivity contribution in [1.82, 2.24) is 9.80 Å². The molecule has 2 aliphatic rings. The first kappa shape index (κ1) is 22.6. The van der Waals surface area contributed by atoms with Gasteiger partial charge in [0.25, 0.3) is 5.69 Å². The number of hydrogen-bond acceptors (Lipinski definition) is 5. The Morgan fingerprint density at radius 3 is 2.45 bits per heavy atom. The lowest BCUT2D eigenvalue weighted by Crippen LogP contribution is -2.51. The SMILES string of the molecule is CC(C)(C)OC(=O)N1CC=C(N2CC=C(c3ccc([N+](=O)[O-])cc3F)CC2)C(F)(F)C1. The van der Waals surface area contributed by atoms with Gasteiger partial charge in [0.1, 0.15) is 11.4 Å². The van der Waals surface area contributed by atoms with E-state index in [0.717, 1.165) is 11.0 Å². The van der Waals surface area contributed by atoms with Crippen LogP contribution in [-0.2, 0) is 4.74 Å². The summed E-state index contributed by atoms with van der Waals surface area (Å²) in [5.74, 6) is -3.97. The topological polar surface area (TPSA) is 75.9 Å². The highest BCUT2D eigenvalue weighted by Gasteiger charge is 2.44. The number of hydrogen-bond donors (Lipinski definition) is 0. The molecule has 0 saturated carbocycles. The minimum Gasteiger partial charge on any atom is -0.444 e. The largest absolute Gasteiger partial charge is 0.444 e. The third kappa shape index (κ3) is 5.18. The molecule has 0 fully saturated rings. The summed E-state index contributed by atoms with van der Waals surface area (Å²) in [4.78, 5) is 24.7. The van der Waals surface area contributed by atoms with E-state index < -0.39 is 34.9 Å². The van der Waals surface area contributed by atoms with Crippen molar-refractivity contribution >= 4 is 17.4 Å². The Morgan fingerprint density at radius 2 is 1.94 bits per heavy atom. The number of halogens is 3. The van der Waals surface area contributed by atoms with Crippen molar-refractivity contribution in [2.24, 2.45) is 0 Å². The minimum atomic E-state index is -3.25. The molecule has 168 valence electrons. The molecule has 2 aliphatic heterocycles. The number of amides is 1. The van der Waals surface area contributed by atoms with Crippen LogP contribution >= 0.6 is 0 Å². The molecule has 1 aromatic rings. The number of nitro benzene ring substituents is 1. The van der Waals surface area contributed by atoms with Gasteiger partial charge in [0.2, 0.25) is 0 Å². The Labute approximate surface area is 177 Å². The molecule has 0 saturated heterocycles. The van der Waals surface area contributed by atoms with Gasteiger partial charge in [0.05, 0.1) is 23.2 Å². The van der Waals surface area contributed by atoms with Crippen molar-refractivity contribution in [3.8, 4) is 0 Å². The van der Waals surface area contributed by atoms with E-state index >= 15 is 0 Å². The highest BCUT2D eigenvalue weighted by molar-refractivity contribution is 5.69. The molecule has 31 heavy (non-hydrogen) atoms. The summed E-state index contributed by atoms with van der Waals surface area (Å²) in [5.41, 5.74) is -0.463. The second-order valence-electron chi connectivity index (χ2n) is 8.50. The first-order valence-electron chi connectivity index (χ1n) is 9.82. The summed E-state index contributed by atoms with van der Waals surface area (Å²) in [6, 6.07) is 3.41. The predicted molar refractivity (Wildman–Crippen MR) is 108 cm³/mol. The van der Waals surface area contributed by atoms with Crippen LogP contribution in [0.1, 0.15) is 32.8 Å². The van der Waals surface area contributed by atoms with Crippen LogP contribution in [0.3, 0.4) is 0 Å². The fourth-order valence-corrected chi connectivity index (χ4v) is 3.57. The van der Waals surface area contributed by atoms with Gasteiger partial charge in [-0.1, -0.05) is 6.08 Å². The molecule has 1 aromatic carbocycles. The number of nitrogens with zero attached hydrogens (tertiary/aromatic N) is 3. The summed E-state index contributed by atoms with van der Waals surface area (Å²) in [5, 5.41) is 10.8. The van der Waals surface area contributed by atoms with Crippen LogP contribution in [0, 0.1) is 15.9 Å². The lowest BCUT2D eigenvalue weighted by Gasteiger charge is -2.39. The molecule has 2 heterocycles. The summed E-state index contributed by atoms with van der Waals surface area (Å²) >= 11 is 0. The standard InChI is InChI=1S/C21H24F3N3O4/c1-20(2,3)31-19(28)26-11-8-18(21(23,24)13-26)25-9-6-14(7-10-25)16-5-4-15(27(29)30)12-17(16)22/h4-6,8,12H,7,9-11,13H2,1-3H3. The predicted octanol–water partition coefficient (Wildman–Crippen LogP) is 4.59. The monoisotopic (exact) mass is 439 g/mol. The highest BCUT2D eigenvalue weighted by Crippen LogP contribution is 2.35. The molecule has 10 heteroatoms. The highest BCUT2D eigenvalue weighted by atomic mass is 19.3. The number of carbonyl (C=O) groups is 1. The maximum absolute atomic E-state index is 14.8. The quantitative estimate of drug-likeness (QED) is 0.509. The third-order valence-electron chi connectivity index (χ3n) is 4.98. The summed E-state index contributed by atoms with van der Waals surface area (Å²) in [6.45, 7) is 4.59. The molecular weight excluding hydrogens is 415 g/mol. The molecule has 7 nitrogen and oxygen atoms in total. The number of nitro groups is 1. The fraction of sp³-hybridized carbons (Fsp3) is 0.476. The van der Waals surface area contributed by atoms with Gasteiger partial charge >= 0.3 is 12.0 Å². The van der Waals surface area contributed by atoms with E-state index in [1.54, 1.807) is 26.8 Å². The molecule has 0 bridgehead atoms. The van der Waals surface area contributed by atoms with E-state index in [4.69, 9.17) is 4.74 Å². The van der Waals surface area contributed by atoms with E-state index in [1.165, 1.54) is 23.1 Å². The Bertz CT molecular complexity index is 954. The Balaban J connectivity index is 1.72. The summed E-state index contributed by atoms with van der Waals surface area (Å²) in [7, 11) is 0. The number of rotatable bonds is 3. The van der Waals surface area contributed by atoms with Gasteiger partial charge in [-0.3, -0.25) is 15.0 Å². The van der Waals surface area contributed by atoms with Crippen molar-refractivity contribution in [3.05, 3.63) is 57.5 Å². The Hall–Kier alpha value is -3.04. The van der Waals surface area contributed by atoms with Gasteiger partial charge in [-0.05, 0) is 44.9 Å². The van der Waals surface area contributed by atoms with E-state index in [0.29, 0.717) is 12.0 Å². The van der Waals surface area contributed by atoms with E-state index in [1.807, 2.05) is 0 Å². The molecule has 0 atom stereocenters. The zero-order chi connectivity index (χ0) is 23.0. The van der Waals surface area contributed by atoms with E-state index in [9.17, 15) is 28.1 Å². The van der Waals surface area contributed by atoms with Crippen LogP contribution in [0.15, 0.2) is 36.0 Å². The maximum atomic E-state index is 14.8. The lowest BCUT2D eigenvalue weighted by atomic mass is 9.97. The molecule has 0 aromatic heterocycles. The van der Waals surface area contributed by atoms with Crippen LogP contribution in [0.25, 0.3) is 5.57 Å². The Kier molecular flexibility index (Phi) is 6.02. The minimum absolute atomic E-state index is 0.00386. The van der Waals surface area contributed by atoms with Gasteiger partial charge in [-0.25, -0.2) is 9.18 Å². The molecule has 0 unspecified atom stereocenters. The average Bonchev–Trinajstić information content (AvgIpc) is 2.66. The molecule has 0 radical (unpaired) electrons. The van der Waals surface area contributed by atoms with Gasteiger partial charge in [-0.2, -0.15) is 8.78 Å². The first-order valence-corrected chi connectivity index (χ1v) is 9.82. The molecular formula is C21H24F3N3O4. The van der Waals surface area contributed by atoms with Crippen LogP contribution in [-0.4, -0.2) is 58.5 Å². The zero-order valence-electron chi connectivity index (χ0n) is 17.5. The van der Waals surface area contributed by atoms with Crippen LogP contribution in [0.5, 0.6) is 0 Å². The normalized spacial score (nSPS) is 18.9. The Morgan fingerprint density at radius 1 is 1.23 bits per heavy atom. The zero-order valence-corrected chi connectivity index (χ0v) is 17.5. The van der Waals surface area contributed by atoms with E-state index in [2.05, 4.69) is 0 Å². The number of non-ortho nitro benzene ring substituents is 1. The number of benzene rings is 1. The molecule has 1 amide bonds. The van der Waals surface area contributed by atoms with Crippen molar-refractivity contribution in [1.29, 1.82) is 0 Å². The average molecular weight is 439 g/mol. The first-order chi connectivity index (χ1) is 14.4. The number of alkyl halides is 2. The van der Waals surface area contributed by atoms with Gasteiger partial charge in [-0.15, -0.1) is 0 Å². The smallest absolute Gasteiger partial charge is 0.410 e. The van der Waals surface area contributed by atoms with Crippen molar-refractivity contribution in [2.75, 3.05) is 26.2 Å². The number of carbonyl (C=O) groups excluding carboxylic acids is 1. The third-order valence-corrected chi connectivity index (χ3v) is 4.98. The van der Waals surface area contributed by atoms with Crippen molar-refractivity contribution in [2.45, 2.75) is 38.7 Å². The summed E-state index contributed by atoms with van der Waals surface area (Å²) in [6.07, 6.45) is 2.47. The molecule has 0 aliphatic carbocycles. The van der Waals surface area contributed by atoms with E-state index in [-0.39, 0.29) is 36.6 Å². The van der Waals surface area contributed by atoms with Crippen LogP contribution in [0.4, 0.5) is 23.7 Å². The molecule has 0 spiro atoms. The van der Waals surface area contributed by atoms with Crippen molar-refractivity contribution < 1.29 is 27.6 Å². The lowest BCUT2D eigenvalue weighted by molar-refractivity contribution is -0.385. The van der Waals surface area contributed by atoms with Crippen LogP contribution in [0.2, 0.25) is 0 Å². The molecule has 3 rings (SSSR count). The van der Waals surface area contributed by atoms with Gasteiger partial charge in [0.15, 0.2) is 0 Å². The van der Waals surface area contributed by atoms with Gasteiger partial charge < -0.3 is 9.64 Å².